The number of benzene rings is 2. The molecule has 1 N–H and O–H groups in total. The zero-order chi connectivity index (χ0) is 24.1. The van der Waals surface area contributed by atoms with Crippen LogP contribution in [0.2, 0.25) is 0 Å². The normalized spacial score (nSPS) is 10.8. The molecule has 0 atom stereocenters. The van der Waals surface area contributed by atoms with Crippen LogP contribution in [-0.2, 0) is 19.5 Å². The number of ketones is 1. The minimum absolute atomic E-state index is 0. The molecule has 0 amide bonds. The zero-order valence-corrected chi connectivity index (χ0v) is 18.5. The molecule has 1 heterocycles. The first-order valence-electron chi connectivity index (χ1n) is 7.97. The summed E-state index contributed by atoms with van der Waals surface area (Å²) in [5.74, 6) is -18.6. The summed E-state index contributed by atoms with van der Waals surface area (Å²) in [6.45, 7) is 0. The quantitative estimate of drug-likeness (QED) is 0.176. The number of hydrogen-bond donors (Lipinski definition) is 1. The van der Waals surface area contributed by atoms with Crippen LogP contribution < -0.4 is 0 Å². The van der Waals surface area contributed by atoms with Gasteiger partial charge in [-0.2, -0.15) is 15.0 Å². The SMILES string of the molecule is N#Cc1c(F)c(F)c(-n2nc(C(F)F)c(C(=O)c3cc(F)c(F)c(F)c3)c2O)c(F)c1F.[Zn]. The Labute approximate surface area is 189 Å². The molecule has 0 aliphatic carbocycles. The van der Waals surface area contributed by atoms with Gasteiger partial charge in [-0.25, -0.2) is 39.5 Å². The topological polar surface area (TPSA) is 78.9 Å². The van der Waals surface area contributed by atoms with Crippen LogP contribution in [0.5, 0.6) is 5.88 Å². The van der Waals surface area contributed by atoms with Crippen LogP contribution in [0.3, 0.4) is 0 Å². The largest absolute Gasteiger partial charge is 0.493 e. The first-order chi connectivity index (χ1) is 14.9. The van der Waals surface area contributed by atoms with Crippen LogP contribution in [0.1, 0.15) is 33.6 Å². The summed E-state index contributed by atoms with van der Waals surface area (Å²) in [7, 11) is 0. The Morgan fingerprint density at radius 2 is 1.42 bits per heavy atom. The van der Waals surface area contributed by atoms with Crippen molar-refractivity contribution in [1.82, 2.24) is 9.78 Å². The number of carbonyl (C=O) groups is 1. The second-order valence-corrected chi connectivity index (χ2v) is 5.97. The van der Waals surface area contributed by atoms with E-state index in [9.17, 15) is 49.4 Å². The molecule has 0 fully saturated rings. The van der Waals surface area contributed by atoms with Gasteiger partial charge in [0.05, 0.1) is 0 Å². The second-order valence-electron chi connectivity index (χ2n) is 5.97. The van der Waals surface area contributed by atoms with E-state index < -0.39 is 91.6 Å². The van der Waals surface area contributed by atoms with Gasteiger partial charge in [-0.3, -0.25) is 4.79 Å². The zero-order valence-electron chi connectivity index (χ0n) is 15.5. The Hall–Kier alpha value is -3.40. The fraction of sp³-hybridized carbons (Fsp3) is 0.0556. The minimum atomic E-state index is -3.75. The molecule has 168 valence electrons. The summed E-state index contributed by atoms with van der Waals surface area (Å²) < 4.78 is 122. The molecule has 3 aromatic rings. The Kier molecular flexibility index (Phi) is 7.23. The summed E-state index contributed by atoms with van der Waals surface area (Å²) in [5, 5.41) is 21.6. The van der Waals surface area contributed by atoms with Gasteiger partial charge in [-0.15, -0.1) is 0 Å². The van der Waals surface area contributed by atoms with Gasteiger partial charge >= 0.3 is 0 Å². The number of nitrogens with zero attached hydrogens (tertiary/aromatic N) is 3. The van der Waals surface area contributed by atoms with Gasteiger partial charge in [0.25, 0.3) is 6.43 Å². The maximum atomic E-state index is 14.3. The van der Waals surface area contributed by atoms with E-state index in [1.807, 2.05) is 0 Å². The average Bonchev–Trinajstić information content (AvgIpc) is 3.07. The molecule has 0 saturated heterocycles. The summed E-state index contributed by atoms with van der Waals surface area (Å²) in [6.07, 6.45) is -3.75. The summed E-state index contributed by atoms with van der Waals surface area (Å²) in [6, 6.07) is 0.987. The second kappa shape index (κ2) is 9.23. The van der Waals surface area contributed by atoms with E-state index in [-0.39, 0.29) is 31.6 Å². The van der Waals surface area contributed by atoms with Crippen molar-refractivity contribution in [3.8, 4) is 17.6 Å². The van der Waals surface area contributed by atoms with E-state index in [0.29, 0.717) is 0 Å². The predicted octanol–water partition coefficient (Wildman–Crippen LogP) is 4.59. The maximum absolute atomic E-state index is 14.3. The van der Waals surface area contributed by atoms with Crippen molar-refractivity contribution in [2.45, 2.75) is 6.43 Å². The van der Waals surface area contributed by atoms with Crippen molar-refractivity contribution in [3.63, 3.8) is 0 Å². The molecule has 3 rings (SSSR count). The minimum Gasteiger partial charge on any atom is -0.493 e. The van der Waals surface area contributed by atoms with E-state index >= 15 is 0 Å². The van der Waals surface area contributed by atoms with Crippen molar-refractivity contribution in [3.05, 3.63) is 75.2 Å². The molecule has 33 heavy (non-hydrogen) atoms. The van der Waals surface area contributed by atoms with Crippen molar-refractivity contribution in [2.75, 3.05) is 0 Å². The van der Waals surface area contributed by atoms with Gasteiger partial charge in [0.2, 0.25) is 11.7 Å². The number of hydrogen-bond acceptors (Lipinski definition) is 4. The number of aromatic nitrogens is 2. The van der Waals surface area contributed by atoms with Crippen molar-refractivity contribution in [1.29, 1.82) is 5.26 Å². The van der Waals surface area contributed by atoms with Crippen LogP contribution in [0.15, 0.2) is 12.1 Å². The predicted molar refractivity (Wildman–Crippen MR) is 84.5 cm³/mol. The van der Waals surface area contributed by atoms with Gasteiger partial charge in [0, 0.05) is 25.0 Å². The number of halogens is 9. The molecule has 0 saturated carbocycles. The fourth-order valence-corrected chi connectivity index (χ4v) is 2.69. The third-order valence-electron chi connectivity index (χ3n) is 4.13. The van der Waals surface area contributed by atoms with Crippen LogP contribution in [0, 0.1) is 52.1 Å². The smallest absolute Gasteiger partial charge is 0.283 e. The van der Waals surface area contributed by atoms with Gasteiger partial charge in [-0.05, 0) is 12.1 Å². The van der Waals surface area contributed by atoms with Gasteiger partial charge in [0.1, 0.15) is 28.6 Å². The molecule has 0 spiro atoms. The number of carbonyl (C=O) groups excluding carboxylic acids is 1. The van der Waals surface area contributed by atoms with Crippen molar-refractivity contribution >= 4 is 5.78 Å². The van der Waals surface area contributed by atoms with E-state index in [1.54, 1.807) is 0 Å². The Morgan fingerprint density at radius 3 is 1.85 bits per heavy atom. The molecule has 2 aromatic carbocycles. The number of rotatable bonds is 4. The first kappa shape index (κ1) is 25.9. The van der Waals surface area contributed by atoms with Crippen molar-refractivity contribution < 1.29 is 68.9 Å². The molecule has 0 unspecified atom stereocenters. The Balaban J connectivity index is 0.00000385. The Bertz CT molecular complexity index is 1280. The average molecular weight is 531 g/mol. The maximum Gasteiger partial charge on any atom is 0.283 e. The molecular weight excluding hydrogens is 527 g/mol. The fourth-order valence-electron chi connectivity index (χ4n) is 2.69. The van der Waals surface area contributed by atoms with Crippen LogP contribution >= 0.6 is 0 Å². The molecule has 0 bridgehead atoms. The molecule has 0 aliphatic heterocycles. The Morgan fingerprint density at radius 1 is 0.939 bits per heavy atom. The molecular formula is C18H4F9N3O2Zn. The summed E-state index contributed by atoms with van der Waals surface area (Å²) >= 11 is 0. The number of nitriles is 1. The van der Waals surface area contributed by atoms with Gasteiger partial charge in [-0.1, -0.05) is 0 Å². The van der Waals surface area contributed by atoms with E-state index in [2.05, 4.69) is 5.10 Å². The number of aromatic hydroxyl groups is 1. The molecule has 5 nitrogen and oxygen atoms in total. The van der Waals surface area contributed by atoms with Crippen LogP contribution in [-0.4, -0.2) is 20.7 Å². The van der Waals surface area contributed by atoms with Crippen LogP contribution in [0.25, 0.3) is 5.69 Å². The molecule has 15 heteroatoms. The molecule has 0 aliphatic rings. The third kappa shape index (κ3) is 4.06. The number of alkyl halides is 2. The van der Waals surface area contributed by atoms with Gasteiger partial charge in [0.15, 0.2) is 40.7 Å². The van der Waals surface area contributed by atoms with Crippen LogP contribution in [0.4, 0.5) is 39.5 Å². The summed E-state index contributed by atoms with van der Waals surface area (Å²) in [5.41, 5.74) is -7.97. The molecule has 1 aromatic heterocycles. The first-order valence-corrected chi connectivity index (χ1v) is 7.97. The van der Waals surface area contributed by atoms with Gasteiger partial charge < -0.3 is 5.11 Å². The van der Waals surface area contributed by atoms with E-state index in [1.165, 1.54) is 0 Å². The monoisotopic (exact) mass is 529 g/mol. The standard InChI is InChI=1S/C18H4F9N3O2.Zn/c19-6-1-4(2-7(20)11(6)23)16(31)8-14(17(26)27)29-30(18(8)32)15-12(24)9(21)5(3-28)10(22)13(15)25;/h1-2,17,32H;. The molecule has 0 radical (unpaired) electrons. The third-order valence-corrected chi connectivity index (χ3v) is 4.13. The van der Waals surface area contributed by atoms with E-state index in [0.717, 1.165) is 6.07 Å². The summed E-state index contributed by atoms with van der Waals surface area (Å²) in [4.78, 5) is 12.5. The van der Waals surface area contributed by atoms with Crippen molar-refractivity contribution in [2.24, 2.45) is 0 Å². The van der Waals surface area contributed by atoms with E-state index in [4.69, 9.17) is 5.26 Å².